The van der Waals surface area contributed by atoms with Crippen molar-refractivity contribution in [2.24, 2.45) is 7.05 Å². The normalized spacial score (nSPS) is 14.0. The average molecular weight is 492 g/mol. The third kappa shape index (κ3) is 4.06. The molecule has 9 heteroatoms. The third-order valence-electron chi connectivity index (χ3n) is 6.05. The first-order valence-electron chi connectivity index (χ1n) is 11.1. The first-order valence-corrected chi connectivity index (χ1v) is 11.4. The van der Waals surface area contributed by atoms with E-state index >= 15 is 0 Å². The van der Waals surface area contributed by atoms with Gasteiger partial charge in [0, 0.05) is 54.9 Å². The Bertz CT molecular complexity index is 1520. The average Bonchev–Trinajstić information content (AvgIpc) is 3.18. The van der Waals surface area contributed by atoms with Gasteiger partial charge in [-0.3, -0.25) is 19.3 Å². The fourth-order valence-electron chi connectivity index (χ4n) is 4.39. The Labute approximate surface area is 205 Å². The Balaban J connectivity index is 1.69. The molecule has 1 N–H and O–H groups in total. The number of fused-ring (bicyclic) bond motifs is 1. The van der Waals surface area contributed by atoms with Crippen LogP contribution in [0, 0.1) is 0 Å². The molecule has 0 saturated carbocycles. The minimum atomic E-state index is -0.242. The highest BCUT2D eigenvalue weighted by atomic mass is 35.5. The summed E-state index contributed by atoms with van der Waals surface area (Å²) in [4.78, 5) is 41.6. The number of pyridine rings is 1. The van der Waals surface area contributed by atoms with E-state index in [9.17, 15) is 14.4 Å². The molecule has 35 heavy (non-hydrogen) atoms. The number of methoxy groups -OCH3 is 1. The van der Waals surface area contributed by atoms with Crippen LogP contribution in [0.1, 0.15) is 19.3 Å². The van der Waals surface area contributed by atoms with Gasteiger partial charge in [-0.25, -0.2) is 0 Å². The summed E-state index contributed by atoms with van der Waals surface area (Å²) in [6.07, 6.45) is 4.57. The molecule has 1 aliphatic heterocycles. The zero-order valence-electron chi connectivity index (χ0n) is 19.1. The zero-order chi connectivity index (χ0) is 24.7. The Hall–Kier alpha value is -4.04. The van der Waals surface area contributed by atoms with Gasteiger partial charge in [0.05, 0.1) is 17.8 Å². The predicted molar refractivity (Wildman–Crippen MR) is 133 cm³/mol. The number of aromatic nitrogens is 2. The molecule has 1 fully saturated rings. The monoisotopic (exact) mass is 491 g/mol. The molecule has 8 nitrogen and oxygen atoms in total. The molecule has 2 aromatic heterocycles. The van der Waals surface area contributed by atoms with Crippen molar-refractivity contribution in [2.75, 3.05) is 12.0 Å². The number of hydrogen-bond acceptors (Lipinski definition) is 5. The van der Waals surface area contributed by atoms with Crippen LogP contribution < -0.4 is 19.9 Å². The minimum absolute atomic E-state index is 0.227. The number of aromatic amines is 1. The summed E-state index contributed by atoms with van der Waals surface area (Å²) in [6, 6.07) is 12.0. The van der Waals surface area contributed by atoms with Crippen molar-refractivity contribution < 1.29 is 19.1 Å². The molecule has 0 atom stereocenters. The topological polar surface area (TPSA) is 93.6 Å². The van der Waals surface area contributed by atoms with Gasteiger partial charge in [-0.2, -0.15) is 0 Å². The van der Waals surface area contributed by atoms with Crippen molar-refractivity contribution in [3.63, 3.8) is 0 Å². The number of carbonyl (C=O) groups is 2. The van der Waals surface area contributed by atoms with Crippen LogP contribution in [0.2, 0.25) is 5.02 Å². The third-order valence-corrected chi connectivity index (χ3v) is 6.35. The van der Waals surface area contributed by atoms with E-state index in [-0.39, 0.29) is 17.4 Å². The second-order valence-electron chi connectivity index (χ2n) is 8.28. The van der Waals surface area contributed by atoms with Gasteiger partial charge < -0.3 is 19.0 Å². The molecular formula is C26H22ClN3O5. The van der Waals surface area contributed by atoms with Crippen molar-refractivity contribution >= 4 is 40.0 Å². The number of aryl methyl sites for hydroxylation is 1. The SMILES string of the molecule is COc1ccc(Oc2ccc(N3C(=O)CCCC3=O)cc2-c2cn(C)c3c(=O)[nH]ccc23)c(Cl)c1. The molecule has 2 aromatic carbocycles. The van der Waals surface area contributed by atoms with Crippen LogP contribution in [0.4, 0.5) is 5.69 Å². The molecular weight excluding hydrogens is 470 g/mol. The highest BCUT2D eigenvalue weighted by Crippen LogP contribution is 2.42. The van der Waals surface area contributed by atoms with Gasteiger partial charge in [0.1, 0.15) is 22.8 Å². The van der Waals surface area contributed by atoms with Crippen LogP contribution in [-0.2, 0) is 16.6 Å². The van der Waals surface area contributed by atoms with E-state index in [4.69, 9.17) is 21.1 Å². The number of ether oxygens (including phenoxy) is 2. The van der Waals surface area contributed by atoms with Gasteiger partial charge in [-0.05, 0) is 42.8 Å². The first kappa shape index (κ1) is 22.7. The Morgan fingerprint density at radius 3 is 2.40 bits per heavy atom. The van der Waals surface area contributed by atoms with E-state index in [0.717, 1.165) is 0 Å². The lowest BCUT2D eigenvalue weighted by atomic mass is 10.0. The number of nitrogens with zero attached hydrogens (tertiary/aromatic N) is 2. The fraction of sp³-hybridized carbons (Fsp3) is 0.192. The number of anilines is 1. The number of hydrogen-bond donors (Lipinski definition) is 1. The molecule has 0 bridgehead atoms. The smallest absolute Gasteiger partial charge is 0.272 e. The highest BCUT2D eigenvalue weighted by Gasteiger charge is 2.28. The maximum atomic E-state index is 12.6. The van der Waals surface area contributed by atoms with Crippen LogP contribution >= 0.6 is 11.6 Å². The van der Waals surface area contributed by atoms with E-state index in [2.05, 4.69) is 4.98 Å². The van der Waals surface area contributed by atoms with Crippen molar-refractivity contribution in [3.05, 3.63) is 70.2 Å². The van der Waals surface area contributed by atoms with Gasteiger partial charge in [0.2, 0.25) is 11.8 Å². The van der Waals surface area contributed by atoms with Gasteiger partial charge >= 0.3 is 0 Å². The number of carbonyl (C=O) groups excluding carboxylic acids is 2. The zero-order valence-corrected chi connectivity index (χ0v) is 19.9. The quantitative estimate of drug-likeness (QED) is 0.395. The first-order chi connectivity index (χ1) is 16.9. The molecule has 4 aromatic rings. The summed E-state index contributed by atoms with van der Waals surface area (Å²) < 4.78 is 13.2. The van der Waals surface area contributed by atoms with E-state index in [1.165, 1.54) is 4.90 Å². The lowest BCUT2D eigenvalue weighted by Gasteiger charge is -2.26. The van der Waals surface area contributed by atoms with E-state index in [1.54, 1.807) is 67.4 Å². The summed E-state index contributed by atoms with van der Waals surface area (Å²) >= 11 is 6.42. The number of H-pyrrole nitrogens is 1. The maximum Gasteiger partial charge on any atom is 0.272 e. The largest absolute Gasteiger partial charge is 0.497 e. The van der Waals surface area contributed by atoms with Crippen molar-refractivity contribution in [1.29, 1.82) is 0 Å². The molecule has 0 spiro atoms. The number of piperidine rings is 1. The van der Waals surface area contributed by atoms with Crippen LogP contribution in [0.15, 0.2) is 59.7 Å². The summed E-state index contributed by atoms with van der Waals surface area (Å²) in [5.74, 6) is 0.963. The molecule has 2 amide bonds. The molecule has 0 radical (unpaired) electrons. The van der Waals surface area contributed by atoms with E-state index in [1.807, 2.05) is 6.20 Å². The molecule has 0 unspecified atom stereocenters. The van der Waals surface area contributed by atoms with E-state index in [0.29, 0.717) is 69.3 Å². The molecule has 1 aliphatic rings. The summed E-state index contributed by atoms with van der Waals surface area (Å²) in [5, 5.41) is 1.06. The van der Waals surface area contributed by atoms with Crippen molar-refractivity contribution in [2.45, 2.75) is 19.3 Å². The lowest BCUT2D eigenvalue weighted by molar-refractivity contribution is -0.129. The standard InChI is InChI=1S/C26H22ClN3O5/c1-29-14-19(17-10-11-28-26(33)25(17)29)18-12-15(30-23(31)4-3-5-24(30)32)6-8-21(18)35-22-9-7-16(34-2)13-20(22)27/h6-14H,3-5H2,1-2H3,(H,28,33). The Morgan fingerprint density at radius 2 is 1.69 bits per heavy atom. The summed E-state index contributed by atoms with van der Waals surface area (Å²) in [5.41, 5.74) is 2.04. The number of rotatable bonds is 5. The summed E-state index contributed by atoms with van der Waals surface area (Å²) in [6.45, 7) is 0. The van der Waals surface area contributed by atoms with Crippen molar-refractivity contribution in [1.82, 2.24) is 9.55 Å². The number of imide groups is 1. The molecule has 5 rings (SSSR count). The van der Waals surface area contributed by atoms with E-state index < -0.39 is 0 Å². The highest BCUT2D eigenvalue weighted by molar-refractivity contribution is 6.32. The lowest BCUT2D eigenvalue weighted by Crippen LogP contribution is -2.40. The van der Waals surface area contributed by atoms with Gasteiger partial charge in [0.25, 0.3) is 5.56 Å². The van der Waals surface area contributed by atoms with Gasteiger partial charge in [-0.1, -0.05) is 11.6 Å². The number of halogens is 1. The van der Waals surface area contributed by atoms with Crippen LogP contribution in [0.25, 0.3) is 22.0 Å². The summed E-state index contributed by atoms with van der Waals surface area (Å²) in [7, 11) is 3.33. The maximum absolute atomic E-state index is 12.6. The second kappa shape index (κ2) is 8.96. The van der Waals surface area contributed by atoms with Gasteiger partial charge in [0.15, 0.2) is 0 Å². The van der Waals surface area contributed by atoms with Crippen molar-refractivity contribution in [3.8, 4) is 28.4 Å². The molecule has 1 saturated heterocycles. The molecule has 0 aliphatic carbocycles. The van der Waals surface area contributed by atoms with Crippen LogP contribution in [0.5, 0.6) is 17.2 Å². The number of amides is 2. The second-order valence-corrected chi connectivity index (χ2v) is 8.69. The van der Waals surface area contributed by atoms with Crippen LogP contribution in [0.3, 0.4) is 0 Å². The Morgan fingerprint density at radius 1 is 0.943 bits per heavy atom. The van der Waals surface area contributed by atoms with Gasteiger partial charge in [-0.15, -0.1) is 0 Å². The minimum Gasteiger partial charge on any atom is -0.497 e. The Kier molecular flexibility index (Phi) is 5.82. The predicted octanol–water partition coefficient (Wildman–Crippen LogP) is 5.03. The molecule has 3 heterocycles. The fourth-order valence-corrected chi connectivity index (χ4v) is 4.60. The number of benzene rings is 2. The molecule has 178 valence electrons. The van der Waals surface area contributed by atoms with Crippen LogP contribution in [-0.4, -0.2) is 28.5 Å². The number of nitrogens with one attached hydrogen (secondary N) is 1.